The van der Waals surface area contributed by atoms with Crippen LogP contribution in [0, 0.1) is 11.8 Å². The van der Waals surface area contributed by atoms with Crippen LogP contribution in [0.4, 0.5) is 0 Å². The van der Waals surface area contributed by atoms with E-state index in [9.17, 15) is 4.79 Å². The first kappa shape index (κ1) is 11.2. The van der Waals surface area contributed by atoms with Crippen molar-refractivity contribution in [3.63, 3.8) is 0 Å². The third kappa shape index (κ3) is 2.64. The number of alkyl halides is 1. The Morgan fingerprint density at radius 1 is 1.33 bits per heavy atom. The third-order valence-corrected chi connectivity index (χ3v) is 4.41. The number of carbonyl (C=O) groups is 1. The second kappa shape index (κ2) is 4.71. The Morgan fingerprint density at radius 3 is 2.67 bits per heavy atom. The molecule has 3 nitrogen and oxygen atoms in total. The van der Waals surface area contributed by atoms with Crippen LogP contribution in [0.5, 0.6) is 0 Å². The first-order chi connectivity index (χ1) is 7.22. The van der Waals surface area contributed by atoms with Crippen molar-refractivity contribution in [2.45, 2.75) is 18.7 Å². The topological polar surface area (TPSA) is 23.6 Å². The van der Waals surface area contributed by atoms with Gasteiger partial charge in [0.1, 0.15) is 0 Å². The van der Waals surface area contributed by atoms with Crippen molar-refractivity contribution in [3.05, 3.63) is 0 Å². The molecule has 0 radical (unpaired) electrons. The fourth-order valence-corrected chi connectivity index (χ4v) is 2.75. The van der Waals surface area contributed by atoms with Crippen molar-refractivity contribution in [3.8, 4) is 0 Å². The molecular formula is C11H19ClN2O. The van der Waals surface area contributed by atoms with E-state index in [4.69, 9.17) is 11.6 Å². The number of rotatable bonds is 3. The van der Waals surface area contributed by atoms with Crippen molar-refractivity contribution >= 4 is 18.0 Å². The van der Waals surface area contributed by atoms with Gasteiger partial charge in [0.25, 0.3) is 0 Å². The lowest BCUT2D eigenvalue weighted by Gasteiger charge is -2.19. The Morgan fingerprint density at radius 2 is 2.07 bits per heavy atom. The predicted molar refractivity (Wildman–Crippen MR) is 61.0 cm³/mol. The Balaban J connectivity index is 1.76. The van der Waals surface area contributed by atoms with E-state index in [-0.39, 0.29) is 0 Å². The van der Waals surface area contributed by atoms with E-state index in [1.807, 2.05) is 4.90 Å². The monoisotopic (exact) mass is 230 g/mol. The Bertz CT molecular complexity index is 229. The van der Waals surface area contributed by atoms with Crippen molar-refractivity contribution in [1.82, 2.24) is 9.80 Å². The highest BCUT2D eigenvalue weighted by Gasteiger charge is 2.45. The molecule has 0 aromatic rings. The lowest BCUT2D eigenvalue weighted by Crippen LogP contribution is -2.31. The molecule has 1 amide bonds. The van der Waals surface area contributed by atoms with Crippen LogP contribution >= 0.6 is 11.6 Å². The number of amides is 1. The minimum absolute atomic E-state index is 0.385. The molecule has 2 fully saturated rings. The minimum atomic E-state index is 0.385. The summed E-state index contributed by atoms with van der Waals surface area (Å²) in [6.07, 6.45) is 2.06. The zero-order valence-electron chi connectivity index (χ0n) is 9.23. The highest BCUT2D eigenvalue weighted by atomic mass is 35.5. The summed E-state index contributed by atoms with van der Waals surface area (Å²) < 4.78 is 0. The largest absolute Gasteiger partial charge is 0.344 e. The lowest BCUT2D eigenvalue weighted by atomic mass is 10.3. The van der Waals surface area contributed by atoms with E-state index in [1.54, 1.807) is 0 Å². The maximum absolute atomic E-state index is 10.6. The van der Waals surface area contributed by atoms with Gasteiger partial charge < -0.3 is 9.80 Å². The van der Waals surface area contributed by atoms with Crippen LogP contribution in [0.25, 0.3) is 0 Å². The quantitative estimate of drug-likeness (QED) is 0.534. The van der Waals surface area contributed by atoms with Crippen LogP contribution < -0.4 is 0 Å². The average molecular weight is 231 g/mol. The summed E-state index contributed by atoms with van der Waals surface area (Å²) in [6.45, 7) is 7.23. The second-order valence-corrected chi connectivity index (χ2v) is 5.27. The summed E-state index contributed by atoms with van der Waals surface area (Å²) in [7, 11) is 0. The maximum atomic E-state index is 10.6. The van der Waals surface area contributed by atoms with Gasteiger partial charge in [-0.3, -0.25) is 4.79 Å². The van der Waals surface area contributed by atoms with Crippen LogP contribution in [0.1, 0.15) is 13.3 Å². The number of nitrogens with zero attached hydrogens (tertiary/aromatic N) is 2. The minimum Gasteiger partial charge on any atom is -0.344 e. The standard InChI is InChI=1S/C11H19ClN2O/c1-9-10(11(9)12)7-13-3-2-4-14(8-15)6-5-13/h8-11H,2-7H2,1H3. The van der Waals surface area contributed by atoms with E-state index >= 15 is 0 Å². The normalized spacial score (nSPS) is 37.5. The van der Waals surface area contributed by atoms with Crippen LogP contribution in [0.15, 0.2) is 0 Å². The number of hydrogen-bond acceptors (Lipinski definition) is 2. The van der Waals surface area contributed by atoms with Gasteiger partial charge in [0, 0.05) is 31.6 Å². The zero-order chi connectivity index (χ0) is 10.8. The summed E-state index contributed by atoms with van der Waals surface area (Å²) in [5, 5.41) is 0.385. The van der Waals surface area contributed by atoms with E-state index in [0.29, 0.717) is 17.2 Å². The van der Waals surface area contributed by atoms with Crippen molar-refractivity contribution in [2.24, 2.45) is 11.8 Å². The molecule has 3 atom stereocenters. The number of carbonyl (C=O) groups excluding carboxylic acids is 1. The van der Waals surface area contributed by atoms with Crippen molar-refractivity contribution in [1.29, 1.82) is 0 Å². The van der Waals surface area contributed by atoms with Gasteiger partial charge in [0.05, 0.1) is 0 Å². The Kier molecular flexibility index (Phi) is 3.52. The summed E-state index contributed by atoms with van der Waals surface area (Å²) in [4.78, 5) is 15.0. The molecular weight excluding hydrogens is 212 g/mol. The molecule has 1 heterocycles. The smallest absolute Gasteiger partial charge is 0.209 e. The predicted octanol–water partition coefficient (Wildman–Crippen LogP) is 1.02. The molecule has 0 spiro atoms. The highest BCUT2D eigenvalue weighted by molar-refractivity contribution is 6.23. The van der Waals surface area contributed by atoms with Gasteiger partial charge in [-0.2, -0.15) is 0 Å². The molecule has 0 N–H and O–H groups in total. The van der Waals surface area contributed by atoms with E-state index < -0.39 is 0 Å². The molecule has 1 aliphatic carbocycles. The van der Waals surface area contributed by atoms with Crippen molar-refractivity contribution < 1.29 is 4.79 Å². The van der Waals surface area contributed by atoms with E-state index in [1.165, 1.54) is 0 Å². The Labute approximate surface area is 96.4 Å². The molecule has 1 aliphatic heterocycles. The molecule has 2 aliphatic rings. The van der Waals surface area contributed by atoms with Gasteiger partial charge in [0.15, 0.2) is 0 Å². The molecule has 1 saturated heterocycles. The van der Waals surface area contributed by atoms with Crippen molar-refractivity contribution in [2.75, 3.05) is 32.7 Å². The molecule has 0 aromatic carbocycles. The molecule has 3 unspecified atom stereocenters. The first-order valence-electron chi connectivity index (χ1n) is 5.78. The van der Waals surface area contributed by atoms with Gasteiger partial charge in [-0.05, 0) is 24.8 Å². The number of hydrogen-bond donors (Lipinski definition) is 0. The maximum Gasteiger partial charge on any atom is 0.209 e. The van der Waals surface area contributed by atoms with Gasteiger partial charge in [-0.15, -0.1) is 11.6 Å². The van der Waals surface area contributed by atoms with E-state index in [0.717, 1.165) is 45.6 Å². The van der Waals surface area contributed by atoms with Crippen LogP contribution in [0.3, 0.4) is 0 Å². The highest BCUT2D eigenvalue weighted by Crippen LogP contribution is 2.43. The number of halogens is 1. The third-order valence-electron chi connectivity index (χ3n) is 3.69. The van der Waals surface area contributed by atoms with Gasteiger partial charge in [0.2, 0.25) is 6.41 Å². The van der Waals surface area contributed by atoms with Gasteiger partial charge >= 0.3 is 0 Å². The molecule has 0 aromatic heterocycles. The second-order valence-electron chi connectivity index (χ2n) is 4.76. The Hall–Kier alpha value is -0.280. The zero-order valence-corrected chi connectivity index (χ0v) is 9.99. The molecule has 15 heavy (non-hydrogen) atoms. The molecule has 4 heteroatoms. The van der Waals surface area contributed by atoms with Crippen LogP contribution in [-0.2, 0) is 4.79 Å². The molecule has 2 rings (SSSR count). The summed E-state index contributed by atoms with van der Waals surface area (Å²) >= 11 is 6.13. The fraction of sp³-hybridized carbons (Fsp3) is 0.909. The van der Waals surface area contributed by atoms with E-state index in [2.05, 4.69) is 11.8 Å². The summed E-state index contributed by atoms with van der Waals surface area (Å²) in [5.41, 5.74) is 0. The lowest BCUT2D eigenvalue weighted by molar-refractivity contribution is -0.118. The summed E-state index contributed by atoms with van der Waals surface area (Å²) in [6, 6.07) is 0. The summed E-state index contributed by atoms with van der Waals surface area (Å²) in [5.74, 6) is 1.35. The van der Waals surface area contributed by atoms with Gasteiger partial charge in [-0.1, -0.05) is 6.92 Å². The SMILES string of the molecule is CC1C(Cl)C1CN1CCCN(C=O)CC1. The fourth-order valence-electron chi connectivity index (χ4n) is 2.34. The molecule has 86 valence electrons. The van der Waals surface area contributed by atoms with Crippen LogP contribution in [-0.4, -0.2) is 54.3 Å². The van der Waals surface area contributed by atoms with Gasteiger partial charge in [-0.25, -0.2) is 0 Å². The molecule has 1 saturated carbocycles. The molecule has 0 bridgehead atoms. The van der Waals surface area contributed by atoms with Crippen LogP contribution in [0.2, 0.25) is 0 Å². The average Bonchev–Trinajstić information content (AvgIpc) is 2.88. The first-order valence-corrected chi connectivity index (χ1v) is 6.22.